The fourth-order valence-corrected chi connectivity index (χ4v) is 4.52. The highest BCUT2D eigenvalue weighted by Crippen LogP contribution is 2.43. The molecule has 1 saturated heterocycles. The van der Waals surface area contributed by atoms with Gasteiger partial charge in [0.05, 0.1) is 24.0 Å². The van der Waals surface area contributed by atoms with E-state index in [4.69, 9.17) is 4.74 Å². The summed E-state index contributed by atoms with van der Waals surface area (Å²) >= 11 is 1.80. The maximum absolute atomic E-state index is 12.6. The van der Waals surface area contributed by atoms with Crippen molar-refractivity contribution in [3.63, 3.8) is 0 Å². The molecule has 0 atom stereocenters. The third-order valence-electron chi connectivity index (χ3n) is 4.77. The Morgan fingerprint density at radius 3 is 2.96 bits per heavy atom. The molecule has 1 N–H and O–H groups in total. The molecule has 1 spiro atoms. The van der Waals surface area contributed by atoms with E-state index < -0.39 is 0 Å². The van der Waals surface area contributed by atoms with Crippen LogP contribution in [0.2, 0.25) is 0 Å². The summed E-state index contributed by atoms with van der Waals surface area (Å²) in [6, 6.07) is 3.64. The number of pyridine rings is 1. The lowest BCUT2D eigenvalue weighted by Crippen LogP contribution is -2.48. The summed E-state index contributed by atoms with van der Waals surface area (Å²) in [5.41, 5.74) is 1.53. The molecule has 1 amide bonds. The highest BCUT2D eigenvalue weighted by Gasteiger charge is 2.42. The molecule has 0 aliphatic carbocycles. The molecule has 0 bridgehead atoms. The van der Waals surface area contributed by atoms with Gasteiger partial charge in [-0.25, -0.2) is 0 Å². The van der Waals surface area contributed by atoms with Crippen LogP contribution in [0.25, 0.3) is 0 Å². The van der Waals surface area contributed by atoms with E-state index in [0.717, 1.165) is 25.9 Å². The molecule has 23 heavy (non-hydrogen) atoms. The molecule has 6 heteroatoms. The number of carbonyl (C=O) groups is 1. The van der Waals surface area contributed by atoms with Crippen LogP contribution >= 0.6 is 11.3 Å². The third kappa shape index (κ3) is 2.52. The van der Waals surface area contributed by atoms with Gasteiger partial charge in [-0.1, -0.05) is 0 Å². The van der Waals surface area contributed by atoms with E-state index in [1.165, 1.54) is 28.9 Å². The molecule has 0 unspecified atom stereocenters. The van der Waals surface area contributed by atoms with Gasteiger partial charge in [0, 0.05) is 30.6 Å². The van der Waals surface area contributed by atoms with Crippen LogP contribution in [0.15, 0.2) is 29.9 Å². The second-order valence-corrected chi connectivity index (χ2v) is 7.07. The van der Waals surface area contributed by atoms with E-state index in [1.54, 1.807) is 11.3 Å². The molecular formula is C17H18N2O3S. The average Bonchev–Trinajstić information content (AvgIpc) is 3.05. The molecule has 1 fully saturated rings. The summed E-state index contributed by atoms with van der Waals surface area (Å²) in [4.78, 5) is 19.7. The second kappa shape index (κ2) is 5.62. The Morgan fingerprint density at radius 2 is 2.17 bits per heavy atom. The van der Waals surface area contributed by atoms with Gasteiger partial charge in [-0.15, -0.1) is 11.3 Å². The van der Waals surface area contributed by atoms with Crippen LogP contribution in [-0.4, -0.2) is 40.6 Å². The first-order valence-electron chi connectivity index (χ1n) is 7.82. The number of carbonyl (C=O) groups excluding carboxylic acids is 1. The fraction of sp³-hybridized carbons (Fsp3) is 0.412. The van der Waals surface area contributed by atoms with Crippen LogP contribution < -0.4 is 0 Å². The number of nitrogens with zero attached hydrogens (tertiary/aromatic N) is 2. The van der Waals surface area contributed by atoms with Crippen LogP contribution in [0, 0.1) is 0 Å². The van der Waals surface area contributed by atoms with Crippen molar-refractivity contribution >= 4 is 17.2 Å². The lowest BCUT2D eigenvalue weighted by molar-refractivity contribution is -0.0926. The van der Waals surface area contributed by atoms with Crippen molar-refractivity contribution in [3.8, 4) is 5.75 Å². The van der Waals surface area contributed by atoms with E-state index >= 15 is 0 Å². The van der Waals surface area contributed by atoms with E-state index in [9.17, 15) is 9.90 Å². The minimum absolute atomic E-state index is 0.0165. The third-order valence-corrected chi connectivity index (χ3v) is 5.75. The molecule has 4 heterocycles. The molecule has 4 rings (SSSR count). The van der Waals surface area contributed by atoms with Crippen LogP contribution in [0.3, 0.4) is 0 Å². The zero-order chi connectivity index (χ0) is 15.9. The van der Waals surface area contributed by atoms with Gasteiger partial charge >= 0.3 is 0 Å². The van der Waals surface area contributed by atoms with Crippen LogP contribution in [-0.2, 0) is 16.8 Å². The van der Waals surface area contributed by atoms with E-state index in [-0.39, 0.29) is 17.3 Å². The number of fused-ring (bicyclic) bond motifs is 2. The summed E-state index contributed by atoms with van der Waals surface area (Å²) in [6.45, 7) is 2.07. The first-order valence-corrected chi connectivity index (χ1v) is 8.70. The van der Waals surface area contributed by atoms with Gasteiger partial charge in [0.25, 0.3) is 5.91 Å². The Labute approximate surface area is 138 Å². The smallest absolute Gasteiger partial charge is 0.255 e. The molecule has 2 aromatic rings. The van der Waals surface area contributed by atoms with Gasteiger partial charge in [-0.2, -0.15) is 0 Å². The minimum Gasteiger partial charge on any atom is -0.506 e. The Balaban J connectivity index is 1.51. The molecule has 0 saturated carbocycles. The highest BCUT2D eigenvalue weighted by molar-refractivity contribution is 7.10. The van der Waals surface area contributed by atoms with E-state index in [1.807, 2.05) is 4.90 Å². The number of thiophene rings is 1. The zero-order valence-electron chi connectivity index (χ0n) is 12.7. The number of hydrogen-bond donors (Lipinski definition) is 1. The molecule has 0 radical (unpaired) electrons. The van der Waals surface area contributed by atoms with Crippen LogP contribution in [0.5, 0.6) is 5.75 Å². The first-order chi connectivity index (χ1) is 11.2. The number of likely N-dealkylation sites (tertiary alicyclic amines) is 1. The van der Waals surface area contributed by atoms with Gasteiger partial charge in [-0.05, 0) is 35.9 Å². The number of hydrogen-bond acceptors (Lipinski definition) is 5. The molecule has 2 aliphatic rings. The van der Waals surface area contributed by atoms with Gasteiger partial charge in [0.2, 0.25) is 0 Å². The zero-order valence-corrected chi connectivity index (χ0v) is 13.5. The Hall–Kier alpha value is -1.92. The van der Waals surface area contributed by atoms with Crippen molar-refractivity contribution in [2.75, 3.05) is 19.7 Å². The molecule has 0 aromatic carbocycles. The van der Waals surface area contributed by atoms with Crippen molar-refractivity contribution in [2.24, 2.45) is 0 Å². The van der Waals surface area contributed by atoms with Crippen molar-refractivity contribution in [1.82, 2.24) is 9.88 Å². The summed E-state index contributed by atoms with van der Waals surface area (Å²) in [5.74, 6) is -0.0625. The molecule has 5 nitrogen and oxygen atoms in total. The SMILES string of the molecule is O=C(c1cncc(O)c1)N1CCC2(CC1)OCCc1sccc12. The Kier molecular flexibility index (Phi) is 3.58. The lowest BCUT2D eigenvalue weighted by Gasteiger charge is -2.44. The highest BCUT2D eigenvalue weighted by atomic mass is 32.1. The number of rotatable bonds is 1. The number of amides is 1. The number of aromatic nitrogens is 1. The quantitative estimate of drug-likeness (QED) is 0.873. The van der Waals surface area contributed by atoms with Crippen LogP contribution in [0.4, 0.5) is 0 Å². The molecule has 120 valence electrons. The standard InChI is InChI=1S/C17H18N2O3S/c20-13-9-12(10-18-11-13)16(21)19-5-3-17(4-6-19)14-2-8-23-15(14)1-7-22-17/h2,8-11,20H,1,3-7H2. The van der Waals surface area contributed by atoms with Crippen LogP contribution in [0.1, 0.15) is 33.6 Å². The van der Waals surface area contributed by atoms with Crippen molar-refractivity contribution in [1.29, 1.82) is 0 Å². The van der Waals surface area contributed by atoms with Crippen molar-refractivity contribution < 1.29 is 14.6 Å². The normalized spacial score (nSPS) is 19.6. The maximum Gasteiger partial charge on any atom is 0.255 e. The summed E-state index contributed by atoms with van der Waals surface area (Å²) in [5, 5.41) is 11.6. The molecule has 2 aliphatic heterocycles. The van der Waals surface area contributed by atoms with Gasteiger partial charge < -0.3 is 14.7 Å². The monoisotopic (exact) mass is 330 g/mol. The van der Waals surface area contributed by atoms with Crippen molar-refractivity contribution in [3.05, 3.63) is 45.9 Å². The van der Waals surface area contributed by atoms with Gasteiger partial charge in [-0.3, -0.25) is 9.78 Å². The van der Waals surface area contributed by atoms with Gasteiger partial charge in [0.1, 0.15) is 5.75 Å². The number of aromatic hydroxyl groups is 1. The summed E-state index contributed by atoms with van der Waals surface area (Å²) in [6.07, 6.45) is 5.45. The summed E-state index contributed by atoms with van der Waals surface area (Å²) in [7, 11) is 0. The topological polar surface area (TPSA) is 62.7 Å². The summed E-state index contributed by atoms with van der Waals surface area (Å²) < 4.78 is 6.16. The maximum atomic E-state index is 12.6. The Bertz CT molecular complexity index is 735. The average molecular weight is 330 g/mol. The fourth-order valence-electron chi connectivity index (χ4n) is 3.57. The molecule has 2 aromatic heterocycles. The lowest BCUT2D eigenvalue weighted by atomic mass is 9.82. The Morgan fingerprint density at radius 1 is 1.35 bits per heavy atom. The second-order valence-electron chi connectivity index (χ2n) is 6.07. The number of piperidine rings is 1. The van der Waals surface area contributed by atoms with Gasteiger partial charge in [0.15, 0.2) is 0 Å². The first kappa shape index (κ1) is 14.7. The largest absolute Gasteiger partial charge is 0.506 e. The predicted molar refractivity (Wildman–Crippen MR) is 86.7 cm³/mol. The molecular weight excluding hydrogens is 312 g/mol. The number of ether oxygens (including phenoxy) is 1. The van der Waals surface area contributed by atoms with Crippen molar-refractivity contribution in [2.45, 2.75) is 24.9 Å². The predicted octanol–water partition coefficient (Wildman–Crippen LogP) is 2.55. The minimum atomic E-state index is -0.221. The van der Waals surface area contributed by atoms with E-state index in [0.29, 0.717) is 18.7 Å². The van der Waals surface area contributed by atoms with E-state index in [2.05, 4.69) is 16.4 Å².